The molecule has 1 saturated heterocycles. The summed E-state index contributed by atoms with van der Waals surface area (Å²) in [6.07, 6.45) is 1.24. The van der Waals surface area contributed by atoms with Crippen molar-refractivity contribution in [3.8, 4) is 0 Å². The van der Waals surface area contributed by atoms with Crippen molar-refractivity contribution in [3.05, 3.63) is 101 Å². The van der Waals surface area contributed by atoms with Crippen LogP contribution in [0.25, 0.3) is 0 Å². The molecule has 3 aromatic rings. The first-order chi connectivity index (χ1) is 18.1. The van der Waals surface area contributed by atoms with Gasteiger partial charge in [-0.15, -0.1) is 0 Å². The van der Waals surface area contributed by atoms with Crippen LogP contribution in [0.15, 0.2) is 99.8 Å². The van der Waals surface area contributed by atoms with Crippen molar-refractivity contribution in [1.29, 1.82) is 0 Å². The van der Waals surface area contributed by atoms with E-state index in [-0.39, 0.29) is 28.6 Å². The van der Waals surface area contributed by atoms with Gasteiger partial charge in [-0.25, -0.2) is 22.3 Å². The van der Waals surface area contributed by atoms with Crippen LogP contribution in [0.2, 0.25) is 0 Å². The van der Waals surface area contributed by atoms with Crippen molar-refractivity contribution < 1.29 is 26.6 Å². The average Bonchev–Trinajstić information content (AvgIpc) is 2.94. The zero-order valence-corrected chi connectivity index (χ0v) is 21.5. The zero-order valence-electron chi connectivity index (χ0n) is 19.8. The number of nitrogens with one attached hydrogen (secondary N) is 1. The fraction of sp³-hybridized carbons (Fsp3) is 0.167. The van der Waals surface area contributed by atoms with Crippen molar-refractivity contribution in [2.24, 2.45) is 5.10 Å². The third-order valence-corrected chi connectivity index (χ3v) is 9.62. The predicted octanol–water partition coefficient (Wildman–Crippen LogP) is 1.81. The lowest BCUT2D eigenvalue weighted by molar-refractivity contribution is -0.384. The number of hydrogen-bond acceptors (Lipinski definition) is 8. The van der Waals surface area contributed by atoms with Crippen LogP contribution in [0.4, 0.5) is 5.69 Å². The Balaban J connectivity index is 1.60. The van der Waals surface area contributed by atoms with Gasteiger partial charge in [0.15, 0.2) is 0 Å². The standard InChI is InChI=1S/C24H23N5O7S2/c30-24(26-25-17-19-11-13-20(14-12-19)29(31)32)23-18-27(37(33,34)21-7-3-1-4-8-21)15-16-28(23)38(35,36)22-9-5-2-6-10-22/h1-14,17,23H,15-16,18H2,(H,26,30)/b25-17-/t23-/m1/s1. The second-order valence-corrected chi connectivity index (χ2v) is 12.0. The fourth-order valence-electron chi connectivity index (χ4n) is 3.86. The molecule has 1 N–H and O–H groups in total. The highest BCUT2D eigenvalue weighted by Crippen LogP contribution is 2.25. The number of hydrogen-bond donors (Lipinski definition) is 1. The van der Waals surface area contributed by atoms with Gasteiger partial charge in [0.1, 0.15) is 6.04 Å². The number of benzene rings is 3. The number of amides is 1. The van der Waals surface area contributed by atoms with Gasteiger partial charge in [0, 0.05) is 31.8 Å². The molecule has 1 aliphatic rings. The third-order valence-electron chi connectivity index (χ3n) is 5.82. The van der Waals surface area contributed by atoms with Crippen LogP contribution in [0.5, 0.6) is 0 Å². The Morgan fingerprint density at radius 3 is 1.97 bits per heavy atom. The third kappa shape index (κ3) is 5.78. The van der Waals surface area contributed by atoms with E-state index in [1.165, 1.54) is 54.7 Å². The summed E-state index contributed by atoms with van der Waals surface area (Å²) in [5.74, 6) is -0.837. The number of carbonyl (C=O) groups is 1. The number of rotatable bonds is 8. The summed E-state index contributed by atoms with van der Waals surface area (Å²) in [5.41, 5.74) is 2.60. The lowest BCUT2D eigenvalue weighted by atomic mass is 10.2. The molecule has 0 aromatic heterocycles. The Hall–Kier alpha value is -3.98. The summed E-state index contributed by atoms with van der Waals surface area (Å²) in [5, 5.41) is 14.6. The molecule has 198 valence electrons. The monoisotopic (exact) mass is 557 g/mol. The molecule has 1 atom stereocenters. The topological polar surface area (TPSA) is 159 Å². The normalized spacial score (nSPS) is 17.3. The van der Waals surface area contributed by atoms with Crippen LogP contribution < -0.4 is 5.43 Å². The highest BCUT2D eigenvalue weighted by molar-refractivity contribution is 7.89. The first kappa shape index (κ1) is 27.1. The van der Waals surface area contributed by atoms with E-state index in [1.807, 2.05) is 0 Å². The smallest absolute Gasteiger partial charge is 0.269 e. The second-order valence-electron chi connectivity index (χ2n) is 8.20. The molecule has 1 heterocycles. The molecule has 0 saturated carbocycles. The van der Waals surface area contributed by atoms with E-state index in [0.29, 0.717) is 5.56 Å². The predicted molar refractivity (Wildman–Crippen MR) is 138 cm³/mol. The molecule has 1 aliphatic heterocycles. The minimum Gasteiger partial charge on any atom is -0.271 e. The zero-order chi connectivity index (χ0) is 27.3. The molecular formula is C24H23N5O7S2. The summed E-state index contributed by atoms with van der Waals surface area (Å²) >= 11 is 0. The van der Waals surface area contributed by atoms with Crippen molar-refractivity contribution in [1.82, 2.24) is 14.0 Å². The molecule has 0 spiro atoms. The summed E-state index contributed by atoms with van der Waals surface area (Å²) in [7, 11) is -8.14. The van der Waals surface area contributed by atoms with Gasteiger partial charge in [0.25, 0.3) is 11.6 Å². The van der Waals surface area contributed by atoms with Crippen molar-refractivity contribution in [3.63, 3.8) is 0 Å². The Morgan fingerprint density at radius 1 is 0.868 bits per heavy atom. The summed E-state index contributed by atoms with van der Waals surface area (Å²) in [6.45, 7) is -0.839. The molecule has 12 nitrogen and oxygen atoms in total. The number of nitrogens with zero attached hydrogens (tertiary/aromatic N) is 4. The maximum absolute atomic E-state index is 13.4. The molecule has 0 aliphatic carbocycles. The summed E-state index contributed by atoms with van der Waals surface area (Å²) < 4.78 is 55.2. The van der Waals surface area contributed by atoms with E-state index in [1.54, 1.807) is 36.4 Å². The number of piperazine rings is 1. The summed E-state index contributed by atoms with van der Waals surface area (Å²) in [4.78, 5) is 23.4. The lowest BCUT2D eigenvalue weighted by Gasteiger charge is -2.38. The molecule has 38 heavy (non-hydrogen) atoms. The largest absolute Gasteiger partial charge is 0.271 e. The van der Waals surface area contributed by atoms with E-state index in [0.717, 1.165) is 8.61 Å². The number of nitro benzene ring substituents is 1. The van der Waals surface area contributed by atoms with Gasteiger partial charge in [-0.05, 0) is 42.0 Å². The molecule has 1 fully saturated rings. The van der Waals surface area contributed by atoms with Crippen LogP contribution >= 0.6 is 0 Å². The van der Waals surface area contributed by atoms with Crippen LogP contribution in [-0.4, -0.2) is 68.2 Å². The minimum atomic E-state index is -4.14. The first-order valence-corrected chi connectivity index (χ1v) is 14.2. The Labute approximate surface area is 219 Å². The quantitative estimate of drug-likeness (QED) is 0.251. The molecule has 0 radical (unpaired) electrons. The fourth-order valence-corrected chi connectivity index (χ4v) is 6.91. The van der Waals surface area contributed by atoms with Gasteiger partial charge in [-0.3, -0.25) is 14.9 Å². The van der Waals surface area contributed by atoms with E-state index >= 15 is 0 Å². The Bertz CT molecular complexity index is 1550. The van der Waals surface area contributed by atoms with Gasteiger partial charge in [0.2, 0.25) is 20.0 Å². The van der Waals surface area contributed by atoms with E-state index in [2.05, 4.69) is 10.5 Å². The van der Waals surface area contributed by atoms with Crippen molar-refractivity contribution in [2.45, 2.75) is 15.8 Å². The SMILES string of the molecule is O=C(N/N=C\c1ccc([N+](=O)[O-])cc1)[C@H]1CN(S(=O)(=O)c2ccccc2)CCN1S(=O)(=O)c1ccccc1. The number of non-ortho nitro benzene ring substituents is 1. The number of sulfonamides is 2. The van der Waals surface area contributed by atoms with Crippen LogP contribution in [0.1, 0.15) is 5.56 Å². The Morgan fingerprint density at radius 2 is 1.42 bits per heavy atom. The van der Waals surface area contributed by atoms with E-state index in [9.17, 15) is 31.7 Å². The number of hydrazone groups is 1. The molecule has 3 aromatic carbocycles. The van der Waals surface area contributed by atoms with E-state index in [4.69, 9.17) is 0 Å². The molecule has 0 bridgehead atoms. The van der Waals surface area contributed by atoms with Gasteiger partial charge in [0.05, 0.1) is 20.9 Å². The molecule has 0 unspecified atom stereocenters. The van der Waals surface area contributed by atoms with Crippen LogP contribution in [0, 0.1) is 10.1 Å². The lowest BCUT2D eigenvalue weighted by Crippen LogP contribution is -2.60. The van der Waals surface area contributed by atoms with Gasteiger partial charge in [-0.2, -0.15) is 13.7 Å². The molecular weight excluding hydrogens is 534 g/mol. The number of nitro groups is 1. The highest BCUT2D eigenvalue weighted by atomic mass is 32.2. The molecule has 4 rings (SSSR count). The van der Waals surface area contributed by atoms with Crippen LogP contribution in [0.3, 0.4) is 0 Å². The first-order valence-electron chi connectivity index (χ1n) is 11.3. The highest BCUT2D eigenvalue weighted by Gasteiger charge is 2.43. The van der Waals surface area contributed by atoms with Crippen molar-refractivity contribution in [2.75, 3.05) is 19.6 Å². The molecule has 1 amide bonds. The average molecular weight is 558 g/mol. The minimum absolute atomic E-state index is 0.0229. The van der Waals surface area contributed by atoms with Gasteiger partial charge in [-0.1, -0.05) is 36.4 Å². The van der Waals surface area contributed by atoms with E-state index < -0.39 is 43.5 Å². The second kappa shape index (κ2) is 11.2. The van der Waals surface area contributed by atoms with Crippen molar-refractivity contribution >= 4 is 37.9 Å². The van der Waals surface area contributed by atoms with Gasteiger partial charge < -0.3 is 0 Å². The number of carbonyl (C=O) groups excluding carboxylic acids is 1. The molecule has 14 heteroatoms. The summed E-state index contributed by atoms with van der Waals surface area (Å²) in [6, 6.07) is 19.2. The van der Waals surface area contributed by atoms with Crippen LogP contribution in [-0.2, 0) is 24.8 Å². The maximum atomic E-state index is 13.4. The maximum Gasteiger partial charge on any atom is 0.269 e. The Kier molecular flexibility index (Phi) is 7.97. The van der Waals surface area contributed by atoms with Gasteiger partial charge >= 0.3 is 0 Å².